The molecule has 0 N–H and O–H groups in total. The van der Waals surface area contributed by atoms with Crippen LogP contribution in [0.4, 0.5) is 0 Å². The molecule has 2 rings (SSSR count). The summed E-state index contributed by atoms with van der Waals surface area (Å²) in [6, 6.07) is 0. The van der Waals surface area contributed by atoms with Crippen LogP contribution in [0.15, 0.2) is 0 Å². The van der Waals surface area contributed by atoms with Crippen molar-refractivity contribution >= 4 is 15.9 Å². The third kappa shape index (κ3) is 1.38. The highest BCUT2D eigenvalue weighted by atomic mass is 79.9. The standard InChI is InChI=1S/C12H21Br/c1-3-9(2)12(8-13)7-10-4-5-11(12)6-10/h9-11H,3-8H2,1-2H3. The summed E-state index contributed by atoms with van der Waals surface area (Å²) in [7, 11) is 0. The lowest BCUT2D eigenvalue weighted by Crippen LogP contribution is -2.36. The Morgan fingerprint density at radius 2 is 2.23 bits per heavy atom. The molecule has 0 amide bonds. The van der Waals surface area contributed by atoms with Crippen molar-refractivity contribution in [1.29, 1.82) is 0 Å². The first-order valence-corrected chi connectivity index (χ1v) is 6.91. The Kier molecular flexibility index (Phi) is 2.75. The Bertz CT molecular complexity index is 190. The van der Waals surface area contributed by atoms with Crippen LogP contribution < -0.4 is 0 Å². The van der Waals surface area contributed by atoms with Gasteiger partial charge in [0.05, 0.1) is 0 Å². The Morgan fingerprint density at radius 3 is 2.62 bits per heavy atom. The molecule has 76 valence electrons. The minimum Gasteiger partial charge on any atom is -0.0922 e. The van der Waals surface area contributed by atoms with E-state index in [1.807, 2.05) is 0 Å². The van der Waals surface area contributed by atoms with E-state index in [4.69, 9.17) is 0 Å². The van der Waals surface area contributed by atoms with Crippen LogP contribution >= 0.6 is 15.9 Å². The van der Waals surface area contributed by atoms with Crippen molar-refractivity contribution in [3.05, 3.63) is 0 Å². The molecule has 0 nitrogen and oxygen atoms in total. The quantitative estimate of drug-likeness (QED) is 0.652. The molecule has 4 unspecified atom stereocenters. The zero-order valence-corrected chi connectivity index (χ0v) is 10.4. The molecule has 2 bridgehead atoms. The molecule has 0 aliphatic heterocycles. The zero-order valence-electron chi connectivity index (χ0n) is 8.85. The lowest BCUT2D eigenvalue weighted by Gasteiger charge is -2.41. The molecule has 0 spiro atoms. The van der Waals surface area contributed by atoms with E-state index in [9.17, 15) is 0 Å². The molecule has 0 aromatic carbocycles. The zero-order chi connectivity index (χ0) is 9.47. The average Bonchev–Trinajstić information content (AvgIpc) is 2.75. The smallest absolute Gasteiger partial charge is 0.00932 e. The van der Waals surface area contributed by atoms with Gasteiger partial charge in [0.25, 0.3) is 0 Å². The van der Waals surface area contributed by atoms with Crippen molar-refractivity contribution in [2.75, 3.05) is 5.33 Å². The van der Waals surface area contributed by atoms with E-state index < -0.39 is 0 Å². The first-order chi connectivity index (χ1) is 6.23. The summed E-state index contributed by atoms with van der Waals surface area (Å²) in [5.74, 6) is 3.05. The minimum atomic E-state index is 0.678. The maximum absolute atomic E-state index is 3.78. The number of fused-ring (bicyclic) bond motifs is 2. The van der Waals surface area contributed by atoms with Crippen LogP contribution in [0.1, 0.15) is 46.0 Å². The molecule has 2 fully saturated rings. The van der Waals surface area contributed by atoms with Crippen molar-refractivity contribution in [1.82, 2.24) is 0 Å². The van der Waals surface area contributed by atoms with E-state index in [-0.39, 0.29) is 0 Å². The van der Waals surface area contributed by atoms with Gasteiger partial charge < -0.3 is 0 Å². The fraction of sp³-hybridized carbons (Fsp3) is 1.00. The molecular formula is C12H21Br. The van der Waals surface area contributed by atoms with E-state index in [0.717, 1.165) is 17.8 Å². The normalized spacial score (nSPS) is 45.5. The molecule has 4 atom stereocenters. The van der Waals surface area contributed by atoms with Gasteiger partial charge in [0.15, 0.2) is 0 Å². The highest BCUT2D eigenvalue weighted by molar-refractivity contribution is 9.09. The van der Waals surface area contributed by atoms with E-state index in [1.165, 1.54) is 37.4 Å². The van der Waals surface area contributed by atoms with Gasteiger partial charge in [-0.2, -0.15) is 0 Å². The summed E-state index contributed by atoms with van der Waals surface area (Å²) in [5, 5.41) is 1.25. The van der Waals surface area contributed by atoms with Crippen molar-refractivity contribution in [3.63, 3.8) is 0 Å². The number of hydrogen-bond donors (Lipinski definition) is 0. The summed E-state index contributed by atoms with van der Waals surface area (Å²) in [6.07, 6.45) is 7.44. The predicted octanol–water partition coefficient (Wildman–Crippen LogP) is 4.23. The van der Waals surface area contributed by atoms with Crippen LogP contribution in [-0.2, 0) is 0 Å². The molecule has 2 aliphatic rings. The van der Waals surface area contributed by atoms with E-state index >= 15 is 0 Å². The van der Waals surface area contributed by atoms with Crippen LogP contribution in [0.25, 0.3) is 0 Å². The minimum absolute atomic E-state index is 0.678. The monoisotopic (exact) mass is 244 g/mol. The summed E-state index contributed by atoms with van der Waals surface area (Å²) >= 11 is 3.78. The van der Waals surface area contributed by atoms with Gasteiger partial charge in [0.1, 0.15) is 0 Å². The van der Waals surface area contributed by atoms with E-state index in [1.54, 1.807) is 0 Å². The van der Waals surface area contributed by atoms with Crippen molar-refractivity contribution in [2.24, 2.45) is 23.2 Å². The number of hydrogen-bond acceptors (Lipinski definition) is 0. The molecule has 0 aromatic rings. The van der Waals surface area contributed by atoms with Crippen LogP contribution in [-0.4, -0.2) is 5.33 Å². The van der Waals surface area contributed by atoms with Crippen LogP contribution in [0.3, 0.4) is 0 Å². The van der Waals surface area contributed by atoms with Gasteiger partial charge in [-0.25, -0.2) is 0 Å². The van der Waals surface area contributed by atoms with Crippen LogP contribution in [0, 0.1) is 23.2 Å². The maximum atomic E-state index is 3.78. The van der Waals surface area contributed by atoms with Gasteiger partial charge >= 0.3 is 0 Å². The third-order valence-corrected chi connectivity index (χ3v) is 5.91. The molecule has 0 heterocycles. The Labute approximate surface area is 90.6 Å². The molecule has 2 aliphatic carbocycles. The van der Waals surface area contributed by atoms with Crippen LogP contribution in [0.5, 0.6) is 0 Å². The topological polar surface area (TPSA) is 0 Å². The molecule has 0 aromatic heterocycles. The lowest BCUT2D eigenvalue weighted by atomic mass is 9.66. The Balaban J connectivity index is 2.16. The summed E-state index contributed by atoms with van der Waals surface area (Å²) in [5.41, 5.74) is 0.678. The van der Waals surface area contributed by atoms with Gasteiger partial charge in [-0.3, -0.25) is 0 Å². The van der Waals surface area contributed by atoms with Gasteiger partial charge in [-0.15, -0.1) is 0 Å². The van der Waals surface area contributed by atoms with Crippen molar-refractivity contribution in [2.45, 2.75) is 46.0 Å². The fourth-order valence-electron chi connectivity index (χ4n) is 3.79. The lowest BCUT2D eigenvalue weighted by molar-refractivity contribution is 0.112. The first-order valence-electron chi connectivity index (χ1n) is 5.79. The van der Waals surface area contributed by atoms with E-state index in [2.05, 4.69) is 29.8 Å². The summed E-state index contributed by atoms with van der Waals surface area (Å²) < 4.78 is 0. The highest BCUT2D eigenvalue weighted by Crippen LogP contribution is 2.60. The summed E-state index contributed by atoms with van der Waals surface area (Å²) in [4.78, 5) is 0. The number of halogens is 1. The third-order valence-electron chi connectivity index (χ3n) is 4.87. The maximum Gasteiger partial charge on any atom is 0.00932 e. The van der Waals surface area contributed by atoms with Gasteiger partial charge in [-0.05, 0) is 42.4 Å². The molecule has 0 saturated heterocycles. The second kappa shape index (κ2) is 3.56. The molecule has 0 radical (unpaired) electrons. The van der Waals surface area contributed by atoms with E-state index in [0.29, 0.717) is 5.41 Å². The number of rotatable bonds is 3. The molecule has 13 heavy (non-hydrogen) atoms. The second-order valence-electron chi connectivity index (χ2n) is 5.26. The first kappa shape index (κ1) is 10.0. The van der Waals surface area contributed by atoms with Gasteiger partial charge in [-0.1, -0.05) is 42.6 Å². The predicted molar refractivity (Wildman–Crippen MR) is 61.1 cm³/mol. The SMILES string of the molecule is CCC(C)C1(CBr)CC2CCC1C2. The molecule has 1 heteroatoms. The largest absolute Gasteiger partial charge is 0.0922 e. The fourth-order valence-corrected chi connectivity index (χ4v) is 5.03. The second-order valence-corrected chi connectivity index (χ2v) is 5.82. The van der Waals surface area contributed by atoms with Gasteiger partial charge in [0, 0.05) is 5.33 Å². The Morgan fingerprint density at radius 1 is 1.46 bits per heavy atom. The number of alkyl halides is 1. The average molecular weight is 245 g/mol. The molecule has 2 saturated carbocycles. The van der Waals surface area contributed by atoms with Crippen molar-refractivity contribution < 1.29 is 0 Å². The molecular weight excluding hydrogens is 224 g/mol. The highest BCUT2D eigenvalue weighted by Gasteiger charge is 2.52. The Hall–Kier alpha value is 0.480. The van der Waals surface area contributed by atoms with Crippen molar-refractivity contribution in [3.8, 4) is 0 Å². The van der Waals surface area contributed by atoms with Crippen LogP contribution in [0.2, 0.25) is 0 Å². The van der Waals surface area contributed by atoms with Gasteiger partial charge in [0.2, 0.25) is 0 Å². The summed E-state index contributed by atoms with van der Waals surface area (Å²) in [6.45, 7) is 4.81.